The second-order valence-electron chi connectivity index (χ2n) is 9.81. The van der Waals surface area contributed by atoms with Crippen molar-refractivity contribution in [3.8, 4) is 0 Å². The van der Waals surface area contributed by atoms with Crippen LogP contribution in [0.4, 0.5) is 0 Å². The zero-order valence-electron chi connectivity index (χ0n) is 21.1. The standard InChI is InChI=1S/C29H59O/c1-2-3-4-5-6-7-8-9-10-11-12-13-14-15-16-17-18-19-20-21-22-23-24-25-26-27-28-29-30/h29-30H,2-28H2,1H3. The van der Waals surface area contributed by atoms with Gasteiger partial charge >= 0.3 is 0 Å². The molecule has 0 saturated heterocycles. The average Bonchev–Trinajstić information content (AvgIpc) is 2.76. The van der Waals surface area contributed by atoms with Gasteiger partial charge in [-0.1, -0.05) is 174 Å². The molecule has 0 unspecified atom stereocenters. The Kier molecular flexibility index (Phi) is 28.9. The van der Waals surface area contributed by atoms with Gasteiger partial charge in [-0.3, -0.25) is 0 Å². The van der Waals surface area contributed by atoms with Crippen LogP contribution in [0.25, 0.3) is 0 Å². The van der Waals surface area contributed by atoms with Crippen molar-refractivity contribution in [3.05, 3.63) is 6.61 Å². The van der Waals surface area contributed by atoms with E-state index in [4.69, 9.17) is 5.11 Å². The molecule has 30 heavy (non-hydrogen) atoms. The van der Waals surface area contributed by atoms with Gasteiger partial charge in [-0.15, -0.1) is 0 Å². The van der Waals surface area contributed by atoms with Gasteiger partial charge in [0.2, 0.25) is 0 Å². The van der Waals surface area contributed by atoms with Gasteiger partial charge in [0.1, 0.15) is 0 Å². The first kappa shape index (κ1) is 30.0. The lowest BCUT2D eigenvalue weighted by molar-refractivity contribution is 0.367. The van der Waals surface area contributed by atoms with Crippen LogP contribution in [0, 0.1) is 6.61 Å². The fourth-order valence-electron chi connectivity index (χ4n) is 4.55. The monoisotopic (exact) mass is 423 g/mol. The van der Waals surface area contributed by atoms with Crippen molar-refractivity contribution in [2.75, 3.05) is 0 Å². The lowest BCUT2D eigenvalue weighted by Crippen LogP contribution is -1.85. The normalized spacial score (nSPS) is 11.4. The van der Waals surface area contributed by atoms with Crippen molar-refractivity contribution in [1.82, 2.24) is 0 Å². The molecule has 0 fully saturated rings. The molecule has 0 aliphatic carbocycles. The van der Waals surface area contributed by atoms with Gasteiger partial charge < -0.3 is 5.11 Å². The molecular formula is C29H59O. The van der Waals surface area contributed by atoms with Crippen molar-refractivity contribution in [3.63, 3.8) is 0 Å². The molecular weight excluding hydrogens is 364 g/mol. The molecule has 0 rings (SSSR count). The molecule has 0 aromatic heterocycles. The first-order valence-corrected chi connectivity index (χ1v) is 14.4. The van der Waals surface area contributed by atoms with Gasteiger partial charge in [0.25, 0.3) is 0 Å². The second kappa shape index (κ2) is 29.0. The minimum atomic E-state index is 0.874. The van der Waals surface area contributed by atoms with Crippen molar-refractivity contribution in [2.45, 2.75) is 180 Å². The van der Waals surface area contributed by atoms with E-state index in [0.29, 0.717) is 0 Å². The van der Waals surface area contributed by atoms with Crippen molar-refractivity contribution in [1.29, 1.82) is 0 Å². The Hall–Kier alpha value is -0.0400. The predicted molar refractivity (Wildman–Crippen MR) is 137 cm³/mol. The lowest BCUT2D eigenvalue weighted by Gasteiger charge is -2.04. The molecule has 0 aromatic carbocycles. The SMILES string of the molecule is CCCCCCCCCCCCCCCCCCCCCCCCCCCC[CH]O. The molecule has 0 aromatic rings. The number of hydrogen-bond acceptors (Lipinski definition) is 1. The number of hydrogen-bond donors (Lipinski definition) is 1. The highest BCUT2D eigenvalue weighted by molar-refractivity contribution is 4.52. The number of unbranched alkanes of at least 4 members (excludes halogenated alkanes) is 26. The number of aliphatic hydroxyl groups excluding tert-OH is 1. The second-order valence-corrected chi connectivity index (χ2v) is 9.81. The maximum Gasteiger partial charge on any atom is 0.0799 e. The molecule has 0 spiro atoms. The summed E-state index contributed by atoms with van der Waals surface area (Å²) in [5.41, 5.74) is 0. The Labute approximate surface area is 192 Å². The largest absolute Gasteiger partial charge is 0.390 e. The van der Waals surface area contributed by atoms with Crippen molar-refractivity contribution >= 4 is 0 Å². The lowest BCUT2D eigenvalue weighted by atomic mass is 10.0. The van der Waals surface area contributed by atoms with Gasteiger partial charge in [-0.05, 0) is 6.42 Å². The fourth-order valence-corrected chi connectivity index (χ4v) is 4.55. The summed E-state index contributed by atoms with van der Waals surface area (Å²) >= 11 is 0. The summed E-state index contributed by atoms with van der Waals surface area (Å²) in [5.74, 6) is 0. The molecule has 181 valence electrons. The predicted octanol–water partition coefficient (Wildman–Crippen LogP) is 11.1. The van der Waals surface area contributed by atoms with Gasteiger partial charge in [-0.25, -0.2) is 0 Å². The summed E-state index contributed by atoms with van der Waals surface area (Å²) in [4.78, 5) is 0. The van der Waals surface area contributed by atoms with Gasteiger partial charge in [0, 0.05) is 0 Å². The third kappa shape index (κ3) is 28.0. The quantitative estimate of drug-likeness (QED) is 0.130. The molecule has 0 aliphatic heterocycles. The van der Waals surface area contributed by atoms with Crippen LogP contribution in [-0.4, -0.2) is 5.11 Å². The highest BCUT2D eigenvalue weighted by Gasteiger charge is 1.96. The van der Waals surface area contributed by atoms with E-state index in [1.165, 1.54) is 167 Å². The summed E-state index contributed by atoms with van der Waals surface area (Å²) in [7, 11) is 0. The molecule has 1 radical (unpaired) electrons. The molecule has 1 nitrogen and oxygen atoms in total. The van der Waals surface area contributed by atoms with Crippen LogP contribution in [0.3, 0.4) is 0 Å². The Morgan fingerprint density at radius 3 is 0.733 bits per heavy atom. The first-order chi connectivity index (χ1) is 14.9. The van der Waals surface area contributed by atoms with Gasteiger partial charge in [-0.2, -0.15) is 0 Å². The molecule has 0 saturated carbocycles. The highest BCUT2D eigenvalue weighted by Crippen LogP contribution is 2.16. The Morgan fingerprint density at radius 2 is 0.533 bits per heavy atom. The molecule has 0 atom stereocenters. The molecule has 0 aliphatic rings. The van der Waals surface area contributed by atoms with Gasteiger partial charge in [0.05, 0.1) is 6.61 Å². The van der Waals surface area contributed by atoms with Crippen LogP contribution in [0.2, 0.25) is 0 Å². The van der Waals surface area contributed by atoms with Crippen molar-refractivity contribution < 1.29 is 5.11 Å². The van der Waals surface area contributed by atoms with Crippen LogP contribution < -0.4 is 0 Å². The zero-order valence-corrected chi connectivity index (χ0v) is 21.1. The molecule has 1 heteroatoms. The molecule has 0 bridgehead atoms. The van der Waals surface area contributed by atoms with Crippen LogP contribution in [0.5, 0.6) is 0 Å². The van der Waals surface area contributed by atoms with Crippen molar-refractivity contribution in [2.24, 2.45) is 0 Å². The maximum absolute atomic E-state index is 8.63. The Bertz CT molecular complexity index is 248. The smallest absolute Gasteiger partial charge is 0.0799 e. The Morgan fingerprint density at radius 1 is 0.333 bits per heavy atom. The van der Waals surface area contributed by atoms with Gasteiger partial charge in [0.15, 0.2) is 0 Å². The molecule has 0 heterocycles. The van der Waals surface area contributed by atoms with E-state index in [0.717, 1.165) is 12.8 Å². The minimum Gasteiger partial charge on any atom is -0.390 e. The third-order valence-electron chi connectivity index (χ3n) is 6.69. The van der Waals surface area contributed by atoms with E-state index in [1.54, 1.807) is 0 Å². The van der Waals surface area contributed by atoms with Crippen LogP contribution >= 0.6 is 0 Å². The van der Waals surface area contributed by atoms with E-state index in [9.17, 15) is 0 Å². The topological polar surface area (TPSA) is 20.2 Å². The number of rotatable bonds is 27. The van der Waals surface area contributed by atoms with Crippen LogP contribution in [-0.2, 0) is 0 Å². The van der Waals surface area contributed by atoms with Crippen LogP contribution in [0.15, 0.2) is 0 Å². The summed E-state index contributed by atoms with van der Waals surface area (Å²) in [6.07, 6.45) is 38.3. The zero-order chi connectivity index (χ0) is 21.8. The van der Waals surface area contributed by atoms with Crippen LogP contribution in [0.1, 0.15) is 180 Å². The maximum atomic E-state index is 8.63. The summed E-state index contributed by atoms with van der Waals surface area (Å²) < 4.78 is 0. The van der Waals surface area contributed by atoms with E-state index < -0.39 is 0 Å². The first-order valence-electron chi connectivity index (χ1n) is 14.4. The van der Waals surface area contributed by atoms with E-state index in [-0.39, 0.29) is 0 Å². The number of aliphatic hydroxyl groups is 1. The third-order valence-corrected chi connectivity index (χ3v) is 6.69. The van der Waals surface area contributed by atoms with E-state index in [1.807, 2.05) is 0 Å². The Balaban J connectivity index is 2.97. The minimum absolute atomic E-state index is 0.874. The fraction of sp³-hybridized carbons (Fsp3) is 0.966. The molecule has 1 N–H and O–H groups in total. The summed E-state index contributed by atoms with van der Waals surface area (Å²) in [5, 5.41) is 8.63. The highest BCUT2D eigenvalue weighted by atomic mass is 16.2. The summed E-state index contributed by atoms with van der Waals surface area (Å²) in [6, 6.07) is 0. The average molecular weight is 424 g/mol. The summed E-state index contributed by atoms with van der Waals surface area (Å²) in [6.45, 7) is 3.61. The van der Waals surface area contributed by atoms with E-state index in [2.05, 4.69) is 6.92 Å². The molecule has 0 amide bonds. The van der Waals surface area contributed by atoms with E-state index >= 15 is 0 Å².